The average molecular weight is 411 g/mol. The number of Topliss-reactive ketones (excluding diaryl/α,β-unsaturated/α-hetero) is 1. The van der Waals surface area contributed by atoms with Crippen LogP contribution in [0.15, 0.2) is 42.5 Å². The summed E-state index contributed by atoms with van der Waals surface area (Å²) >= 11 is 0. The molecule has 1 aliphatic carbocycles. The van der Waals surface area contributed by atoms with Crippen molar-refractivity contribution in [3.8, 4) is 17.2 Å². The largest absolute Gasteiger partial charge is 0.497 e. The van der Waals surface area contributed by atoms with E-state index in [9.17, 15) is 9.59 Å². The molecule has 2 aromatic carbocycles. The zero-order valence-electron chi connectivity index (χ0n) is 17.8. The van der Waals surface area contributed by atoms with Crippen molar-refractivity contribution in [2.24, 2.45) is 0 Å². The normalized spacial score (nSPS) is 12.9. The summed E-state index contributed by atoms with van der Waals surface area (Å²) in [4.78, 5) is 25.9. The molecular formula is C24H29NO5. The molecule has 1 aliphatic rings. The molecule has 30 heavy (non-hydrogen) atoms. The van der Waals surface area contributed by atoms with Crippen LogP contribution in [0.5, 0.6) is 17.2 Å². The maximum absolute atomic E-state index is 12.9. The highest BCUT2D eigenvalue weighted by Gasteiger charge is 2.33. The number of hydrogen-bond donors (Lipinski definition) is 0. The van der Waals surface area contributed by atoms with Crippen LogP contribution >= 0.6 is 0 Å². The highest BCUT2D eigenvalue weighted by Crippen LogP contribution is 2.32. The van der Waals surface area contributed by atoms with E-state index in [4.69, 9.17) is 14.2 Å². The van der Waals surface area contributed by atoms with Crippen molar-refractivity contribution < 1.29 is 23.8 Å². The van der Waals surface area contributed by atoms with Crippen molar-refractivity contribution >= 4 is 11.7 Å². The molecule has 0 radical (unpaired) electrons. The van der Waals surface area contributed by atoms with Gasteiger partial charge in [-0.3, -0.25) is 4.79 Å². The van der Waals surface area contributed by atoms with E-state index in [2.05, 4.69) is 0 Å². The number of hydrogen-bond acceptors (Lipinski definition) is 5. The van der Waals surface area contributed by atoms with Gasteiger partial charge in [-0.1, -0.05) is 12.1 Å². The summed E-state index contributed by atoms with van der Waals surface area (Å²) in [6, 6.07) is 13.4. The van der Waals surface area contributed by atoms with Gasteiger partial charge in [-0.05, 0) is 62.1 Å². The van der Waals surface area contributed by atoms with E-state index in [1.54, 1.807) is 21.1 Å². The quantitative estimate of drug-likeness (QED) is 0.563. The lowest BCUT2D eigenvalue weighted by molar-refractivity contribution is -0.134. The zero-order valence-corrected chi connectivity index (χ0v) is 17.8. The Kier molecular flexibility index (Phi) is 7.33. The number of methoxy groups -OCH3 is 2. The number of nitrogens with zero attached hydrogens (tertiary/aromatic N) is 1. The van der Waals surface area contributed by atoms with Gasteiger partial charge in [-0.15, -0.1) is 0 Å². The first-order valence-electron chi connectivity index (χ1n) is 10.2. The van der Waals surface area contributed by atoms with Crippen LogP contribution < -0.4 is 14.2 Å². The van der Waals surface area contributed by atoms with E-state index in [1.807, 2.05) is 47.4 Å². The van der Waals surface area contributed by atoms with Crippen LogP contribution in [0.1, 0.15) is 37.3 Å². The van der Waals surface area contributed by atoms with E-state index in [0.29, 0.717) is 25.1 Å². The number of carbonyl (C=O) groups excluding carboxylic acids is 2. The smallest absolute Gasteiger partial charge is 0.261 e. The van der Waals surface area contributed by atoms with Crippen molar-refractivity contribution in [1.29, 1.82) is 0 Å². The lowest BCUT2D eigenvalue weighted by Crippen LogP contribution is -2.36. The Labute approximate surface area is 177 Å². The summed E-state index contributed by atoms with van der Waals surface area (Å²) in [7, 11) is 3.24. The summed E-state index contributed by atoms with van der Waals surface area (Å²) in [6.45, 7) is 2.03. The highest BCUT2D eigenvalue weighted by molar-refractivity contribution is 5.78. The van der Waals surface area contributed by atoms with Gasteiger partial charge in [0, 0.05) is 24.6 Å². The molecule has 0 bridgehead atoms. The minimum absolute atomic E-state index is 0.0183. The molecule has 3 rings (SSSR count). The number of ether oxygens (including phenoxy) is 3. The van der Waals surface area contributed by atoms with Gasteiger partial charge >= 0.3 is 0 Å². The monoisotopic (exact) mass is 411 g/mol. The molecule has 1 fully saturated rings. The Bertz CT molecular complexity index is 874. The van der Waals surface area contributed by atoms with Gasteiger partial charge in [0.25, 0.3) is 5.91 Å². The SMILES string of the molecule is COc1ccc(OC)c(CN(C(=O)COc2ccc(CCC(C)=O)cc2)C2CC2)c1. The van der Waals surface area contributed by atoms with Gasteiger partial charge in [0.2, 0.25) is 0 Å². The molecule has 0 N–H and O–H groups in total. The fraction of sp³-hybridized carbons (Fsp3) is 0.417. The third-order valence-corrected chi connectivity index (χ3v) is 5.19. The Balaban J connectivity index is 1.61. The van der Waals surface area contributed by atoms with E-state index < -0.39 is 0 Å². The summed E-state index contributed by atoms with van der Waals surface area (Å²) in [5.74, 6) is 2.23. The standard InChI is InChI=1S/C24H29NO5/c1-17(26)4-5-18-6-10-21(11-7-18)30-16-24(27)25(20-8-9-20)15-19-14-22(28-2)12-13-23(19)29-3/h6-7,10-14,20H,4-5,8-9,15-16H2,1-3H3. The topological polar surface area (TPSA) is 65.1 Å². The third kappa shape index (κ3) is 5.99. The van der Waals surface area contributed by atoms with E-state index >= 15 is 0 Å². The number of amides is 1. The van der Waals surface area contributed by atoms with Crippen molar-refractivity contribution in [2.75, 3.05) is 20.8 Å². The first-order valence-corrected chi connectivity index (χ1v) is 10.2. The lowest BCUT2D eigenvalue weighted by atomic mass is 10.1. The molecule has 6 nitrogen and oxygen atoms in total. The molecule has 0 atom stereocenters. The molecule has 160 valence electrons. The molecule has 0 saturated heterocycles. The highest BCUT2D eigenvalue weighted by atomic mass is 16.5. The first-order chi connectivity index (χ1) is 14.5. The van der Waals surface area contributed by atoms with E-state index in [-0.39, 0.29) is 24.3 Å². The molecule has 0 spiro atoms. The molecular weight excluding hydrogens is 382 g/mol. The maximum Gasteiger partial charge on any atom is 0.261 e. The Morgan fingerprint density at radius 3 is 2.30 bits per heavy atom. The van der Waals surface area contributed by atoms with Crippen molar-refractivity contribution in [3.05, 3.63) is 53.6 Å². The Morgan fingerprint density at radius 2 is 1.70 bits per heavy atom. The van der Waals surface area contributed by atoms with Gasteiger partial charge < -0.3 is 23.9 Å². The van der Waals surface area contributed by atoms with Gasteiger partial charge in [0.05, 0.1) is 14.2 Å². The molecule has 0 aromatic heterocycles. The molecule has 0 unspecified atom stereocenters. The maximum atomic E-state index is 12.9. The van der Waals surface area contributed by atoms with E-state index in [1.165, 1.54) is 0 Å². The molecule has 0 heterocycles. The van der Waals surface area contributed by atoms with Crippen LogP contribution in [-0.2, 0) is 22.6 Å². The minimum Gasteiger partial charge on any atom is -0.497 e. The van der Waals surface area contributed by atoms with Crippen molar-refractivity contribution in [2.45, 2.75) is 45.2 Å². The summed E-state index contributed by atoms with van der Waals surface area (Å²) in [6.07, 6.45) is 3.25. The fourth-order valence-electron chi connectivity index (χ4n) is 3.30. The van der Waals surface area contributed by atoms with Gasteiger partial charge in [0.15, 0.2) is 6.61 Å². The van der Waals surface area contributed by atoms with E-state index in [0.717, 1.165) is 35.5 Å². The number of rotatable bonds is 11. The second kappa shape index (κ2) is 10.1. The van der Waals surface area contributed by atoms with Crippen LogP contribution in [0.2, 0.25) is 0 Å². The van der Waals surface area contributed by atoms with Crippen molar-refractivity contribution in [1.82, 2.24) is 4.90 Å². The number of ketones is 1. The summed E-state index contributed by atoms with van der Waals surface area (Å²) in [5.41, 5.74) is 1.99. The lowest BCUT2D eigenvalue weighted by Gasteiger charge is -2.24. The van der Waals surface area contributed by atoms with Crippen molar-refractivity contribution in [3.63, 3.8) is 0 Å². The second-order valence-electron chi connectivity index (χ2n) is 7.57. The van der Waals surface area contributed by atoms with Gasteiger partial charge in [0.1, 0.15) is 23.0 Å². The molecule has 6 heteroatoms. The summed E-state index contributed by atoms with van der Waals surface area (Å²) < 4.78 is 16.5. The predicted molar refractivity (Wildman–Crippen MR) is 114 cm³/mol. The zero-order chi connectivity index (χ0) is 21.5. The third-order valence-electron chi connectivity index (χ3n) is 5.19. The second-order valence-corrected chi connectivity index (χ2v) is 7.57. The molecule has 1 amide bonds. The Morgan fingerprint density at radius 1 is 1.00 bits per heavy atom. The van der Waals surface area contributed by atoms with Crippen LogP contribution in [0.3, 0.4) is 0 Å². The molecule has 2 aromatic rings. The molecule has 1 saturated carbocycles. The average Bonchev–Trinajstić information content (AvgIpc) is 3.60. The summed E-state index contributed by atoms with van der Waals surface area (Å²) in [5, 5.41) is 0. The van der Waals surface area contributed by atoms with Crippen LogP contribution in [-0.4, -0.2) is 43.5 Å². The van der Waals surface area contributed by atoms with Gasteiger partial charge in [-0.25, -0.2) is 0 Å². The van der Waals surface area contributed by atoms with Gasteiger partial charge in [-0.2, -0.15) is 0 Å². The number of aryl methyl sites for hydroxylation is 1. The first kappa shape index (κ1) is 21.7. The fourth-order valence-corrected chi connectivity index (χ4v) is 3.30. The van der Waals surface area contributed by atoms with Crippen LogP contribution in [0, 0.1) is 0 Å². The van der Waals surface area contributed by atoms with Crippen LogP contribution in [0.25, 0.3) is 0 Å². The number of carbonyl (C=O) groups is 2. The van der Waals surface area contributed by atoms with Crippen LogP contribution in [0.4, 0.5) is 0 Å². The predicted octanol–water partition coefficient (Wildman–Crippen LogP) is 3.80. The minimum atomic E-state index is -0.0528. The number of benzene rings is 2. The Hall–Kier alpha value is -3.02. The molecule has 0 aliphatic heterocycles.